The number of hydrogen-bond acceptors (Lipinski definition) is 2. The molecule has 1 aromatic carbocycles. The molecule has 84 valence electrons. The van der Waals surface area contributed by atoms with Crippen LogP contribution in [0.25, 0.3) is 0 Å². The fourth-order valence-corrected chi connectivity index (χ4v) is 1.88. The molecule has 2 aromatic rings. The van der Waals surface area contributed by atoms with E-state index in [4.69, 9.17) is 21.8 Å². The van der Waals surface area contributed by atoms with E-state index in [1.807, 2.05) is 37.3 Å². The summed E-state index contributed by atoms with van der Waals surface area (Å²) in [5.41, 5.74) is 8.27. The molecular weight excluding hydrogens is 222 g/mol. The third kappa shape index (κ3) is 2.65. The van der Waals surface area contributed by atoms with Crippen molar-refractivity contribution in [1.29, 1.82) is 0 Å². The minimum Gasteiger partial charge on any atom is -0.467 e. The first-order valence-corrected chi connectivity index (χ1v) is 5.58. The lowest BCUT2D eigenvalue weighted by molar-refractivity contribution is 0.464. The van der Waals surface area contributed by atoms with Crippen LogP contribution in [0.15, 0.2) is 41.0 Å². The molecule has 2 nitrogen and oxygen atoms in total. The number of benzene rings is 1. The van der Waals surface area contributed by atoms with E-state index in [9.17, 15) is 0 Å². The van der Waals surface area contributed by atoms with Crippen LogP contribution in [0.5, 0.6) is 0 Å². The summed E-state index contributed by atoms with van der Waals surface area (Å²) in [6, 6.07) is 9.58. The second-order valence-corrected chi connectivity index (χ2v) is 4.40. The maximum atomic E-state index is 6.05. The molecule has 2 rings (SSSR count). The molecule has 0 radical (unpaired) electrons. The minimum atomic E-state index is -0.118. The molecule has 0 amide bonds. The van der Waals surface area contributed by atoms with Crippen molar-refractivity contribution in [2.45, 2.75) is 19.4 Å². The normalized spacial score (nSPS) is 12.7. The fourth-order valence-electron chi connectivity index (χ4n) is 1.67. The molecule has 0 aliphatic heterocycles. The van der Waals surface area contributed by atoms with E-state index in [0.717, 1.165) is 28.3 Å². The van der Waals surface area contributed by atoms with E-state index in [1.165, 1.54) is 0 Å². The quantitative estimate of drug-likeness (QED) is 0.885. The summed E-state index contributed by atoms with van der Waals surface area (Å²) in [5, 5.41) is 0.736. The van der Waals surface area contributed by atoms with Gasteiger partial charge in [-0.15, -0.1) is 0 Å². The predicted molar refractivity (Wildman–Crippen MR) is 65.5 cm³/mol. The number of hydrogen-bond donors (Lipinski definition) is 1. The summed E-state index contributed by atoms with van der Waals surface area (Å²) in [7, 11) is 0. The van der Waals surface area contributed by atoms with Gasteiger partial charge in [-0.05, 0) is 42.7 Å². The van der Waals surface area contributed by atoms with Gasteiger partial charge in [-0.25, -0.2) is 0 Å². The van der Waals surface area contributed by atoms with Crippen molar-refractivity contribution in [3.63, 3.8) is 0 Å². The van der Waals surface area contributed by atoms with E-state index in [1.54, 1.807) is 6.26 Å². The minimum absolute atomic E-state index is 0.118. The molecule has 16 heavy (non-hydrogen) atoms. The van der Waals surface area contributed by atoms with Crippen molar-refractivity contribution in [3.05, 3.63) is 58.5 Å². The second-order valence-electron chi connectivity index (χ2n) is 3.97. The molecule has 0 saturated heterocycles. The van der Waals surface area contributed by atoms with Gasteiger partial charge in [-0.2, -0.15) is 0 Å². The highest BCUT2D eigenvalue weighted by molar-refractivity contribution is 6.30. The van der Waals surface area contributed by atoms with E-state index in [-0.39, 0.29) is 6.04 Å². The third-order valence-corrected chi connectivity index (χ3v) is 2.70. The van der Waals surface area contributed by atoms with Crippen LogP contribution in [-0.4, -0.2) is 0 Å². The molecule has 0 aliphatic rings. The van der Waals surface area contributed by atoms with Gasteiger partial charge < -0.3 is 10.2 Å². The lowest BCUT2D eigenvalue weighted by Crippen LogP contribution is -2.12. The highest BCUT2D eigenvalue weighted by atomic mass is 35.5. The lowest BCUT2D eigenvalue weighted by Gasteiger charge is -2.08. The number of furan rings is 1. The van der Waals surface area contributed by atoms with Gasteiger partial charge in [0.2, 0.25) is 0 Å². The molecule has 0 aliphatic carbocycles. The van der Waals surface area contributed by atoms with Crippen LogP contribution in [-0.2, 0) is 6.42 Å². The molecule has 1 unspecified atom stereocenters. The van der Waals surface area contributed by atoms with Crippen LogP contribution in [0.2, 0.25) is 5.02 Å². The fraction of sp³-hybridized carbons (Fsp3) is 0.231. The van der Waals surface area contributed by atoms with Crippen molar-refractivity contribution in [3.8, 4) is 0 Å². The van der Waals surface area contributed by atoms with Crippen molar-refractivity contribution < 1.29 is 4.42 Å². The number of halogens is 1. The Hall–Kier alpha value is -1.25. The molecule has 1 heterocycles. The average Bonchev–Trinajstić information content (AvgIpc) is 2.65. The van der Waals surface area contributed by atoms with Gasteiger partial charge in [-0.3, -0.25) is 0 Å². The highest BCUT2D eigenvalue weighted by Crippen LogP contribution is 2.20. The average molecular weight is 236 g/mol. The van der Waals surface area contributed by atoms with Gasteiger partial charge in [0, 0.05) is 5.02 Å². The van der Waals surface area contributed by atoms with E-state index in [2.05, 4.69) is 0 Å². The third-order valence-electron chi connectivity index (χ3n) is 2.46. The van der Waals surface area contributed by atoms with E-state index >= 15 is 0 Å². The first-order chi connectivity index (χ1) is 7.65. The Morgan fingerprint density at radius 2 is 2.19 bits per heavy atom. The Kier molecular flexibility index (Phi) is 3.32. The Morgan fingerprint density at radius 3 is 2.81 bits per heavy atom. The van der Waals surface area contributed by atoms with Crippen LogP contribution in [0.1, 0.15) is 22.9 Å². The standard InChI is InChI=1S/C13H14ClNO/c1-9-5-13(16-8-9)12(15)7-10-3-2-4-11(14)6-10/h2-6,8,12H,7,15H2,1H3. The van der Waals surface area contributed by atoms with Crippen LogP contribution < -0.4 is 5.73 Å². The van der Waals surface area contributed by atoms with Crippen molar-refractivity contribution in [1.82, 2.24) is 0 Å². The highest BCUT2D eigenvalue weighted by Gasteiger charge is 2.10. The van der Waals surface area contributed by atoms with Crippen molar-refractivity contribution in [2.24, 2.45) is 5.73 Å². The molecule has 0 saturated carbocycles. The molecule has 0 fully saturated rings. The van der Waals surface area contributed by atoms with E-state index in [0.29, 0.717) is 0 Å². The summed E-state index contributed by atoms with van der Waals surface area (Å²) in [4.78, 5) is 0. The summed E-state index contributed by atoms with van der Waals surface area (Å²) in [6.07, 6.45) is 2.45. The topological polar surface area (TPSA) is 39.2 Å². The number of rotatable bonds is 3. The van der Waals surface area contributed by atoms with Crippen LogP contribution in [0.3, 0.4) is 0 Å². The maximum absolute atomic E-state index is 6.05. The van der Waals surface area contributed by atoms with Crippen LogP contribution >= 0.6 is 11.6 Å². The van der Waals surface area contributed by atoms with Crippen molar-refractivity contribution >= 4 is 11.6 Å². The SMILES string of the molecule is Cc1coc(C(N)Cc2cccc(Cl)c2)c1. The van der Waals surface area contributed by atoms with Gasteiger partial charge in [-0.1, -0.05) is 23.7 Å². The lowest BCUT2D eigenvalue weighted by atomic mass is 10.0. The van der Waals surface area contributed by atoms with Gasteiger partial charge in [0.1, 0.15) is 5.76 Å². The Labute approximate surface area is 100 Å². The summed E-state index contributed by atoms with van der Waals surface area (Å²) in [5.74, 6) is 0.817. The second kappa shape index (κ2) is 4.73. The Morgan fingerprint density at radius 1 is 1.38 bits per heavy atom. The largest absolute Gasteiger partial charge is 0.467 e. The van der Waals surface area contributed by atoms with E-state index < -0.39 is 0 Å². The smallest absolute Gasteiger partial charge is 0.121 e. The number of nitrogens with two attached hydrogens (primary N) is 1. The molecular formula is C13H14ClNO. The summed E-state index contributed by atoms with van der Waals surface area (Å²) < 4.78 is 5.37. The predicted octanol–water partition coefficient (Wildman–Crippen LogP) is 3.48. The zero-order chi connectivity index (χ0) is 11.5. The van der Waals surface area contributed by atoms with Gasteiger partial charge in [0.05, 0.1) is 12.3 Å². The summed E-state index contributed by atoms with van der Waals surface area (Å²) >= 11 is 5.91. The molecule has 1 atom stereocenters. The molecule has 3 heteroatoms. The molecule has 0 bridgehead atoms. The van der Waals surface area contributed by atoms with Crippen LogP contribution in [0.4, 0.5) is 0 Å². The number of aryl methyl sites for hydroxylation is 1. The zero-order valence-electron chi connectivity index (χ0n) is 9.11. The van der Waals surface area contributed by atoms with Crippen LogP contribution in [0, 0.1) is 6.92 Å². The van der Waals surface area contributed by atoms with Crippen molar-refractivity contribution in [2.75, 3.05) is 0 Å². The van der Waals surface area contributed by atoms with Gasteiger partial charge >= 0.3 is 0 Å². The molecule has 0 spiro atoms. The Bertz CT molecular complexity index is 478. The molecule has 2 N–H and O–H groups in total. The monoisotopic (exact) mass is 235 g/mol. The first kappa shape index (κ1) is 11.2. The first-order valence-electron chi connectivity index (χ1n) is 5.20. The Balaban J connectivity index is 2.10. The van der Waals surface area contributed by atoms with Gasteiger partial charge in [0.15, 0.2) is 0 Å². The molecule has 1 aromatic heterocycles. The zero-order valence-corrected chi connectivity index (χ0v) is 9.87. The summed E-state index contributed by atoms with van der Waals surface area (Å²) in [6.45, 7) is 1.99. The van der Waals surface area contributed by atoms with Gasteiger partial charge in [0.25, 0.3) is 0 Å². The maximum Gasteiger partial charge on any atom is 0.121 e.